The molecule has 0 aliphatic carbocycles. The van der Waals surface area contributed by atoms with Gasteiger partial charge in [0.05, 0.1) is 0 Å². The molecule has 1 heterocycles. The summed E-state index contributed by atoms with van der Waals surface area (Å²) in [4.78, 5) is 60.4. The maximum atomic E-state index is 12.4. The van der Waals surface area contributed by atoms with Gasteiger partial charge in [-0.3, -0.25) is 9.59 Å². The Hall–Kier alpha value is -3.21. The van der Waals surface area contributed by atoms with E-state index in [2.05, 4.69) is 13.2 Å². The standard InChI is InChI=1S/C15H19N3O8/c1-4-6-25-11(19)8-16-13(21)17(9-12(20)26-7-5-2)15(23)18(10-24-3)14(16)22/h4-5H,1-2,6-10H2,3H3. The van der Waals surface area contributed by atoms with Gasteiger partial charge >= 0.3 is 29.0 Å². The second kappa shape index (κ2) is 9.93. The van der Waals surface area contributed by atoms with Crippen molar-refractivity contribution in [3.63, 3.8) is 0 Å². The van der Waals surface area contributed by atoms with Crippen LogP contribution in [0, 0.1) is 0 Å². The molecule has 0 fully saturated rings. The van der Waals surface area contributed by atoms with Crippen LogP contribution in [-0.4, -0.2) is 46.0 Å². The van der Waals surface area contributed by atoms with Crippen LogP contribution in [0.1, 0.15) is 0 Å². The number of rotatable bonds is 10. The van der Waals surface area contributed by atoms with Crippen molar-refractivity contribution in [2.45, 2.75) is 19.8 Å². The summed E-state index contributed by atoms with van der Waals surface area (Å²) < 4.78 is 15.7. The number of hydrogen-bond acceptors (Lipinski definition) is 8. The molecule has 11 nitrogen and oxygen atoms in total. The maximum absolute atomic E-state index is 12.4. The first-order valence-electron chi connectivity index (χ1n) is 7.33. The molecule has 0 bridgehead atoms. The number of esters is 2. The van der Waals surface area contributed by atoms with Crippen LogP contribution < -0.4 is 17.1 Å². The molecule has 0 aromatic carbocycles. The van der Waals surface area contributed by atoms with Crippen molar-refractivity contribution >= 4 is 11.9 Å². The van der Waals surface area contributed by atoms with Gasteiger partial charge in [0, 0.05) is 7.11 Å². The van der Waals surface area contributed by atoms with Crippen LogP contribution in [0.5, 0.6) is 0 Å². The number of carbonyl (C=O) groups excluding carboxylic acids is 2. The van der Waals surface area contributed by atoms with Gasteiger partial charge < -0.3 is 14.2 Å². The molecule has 0 unspecified atom stereocenters. The van der Waals surface area contributed by atoms with Crippen LogP contribution in [0.25, 0.3) is 0 Å². The molecule has 0 amide bonds. The quantitative estimate of drug-likeness (QED) is 0.350. The van der Waals surface area contributed by atoms with Crippen molar-refractivity contribution in [3.05, 3.63) is 56.8 Å². The van der Waals surface area contributed by atoms with Gasteiger partial charge in [-0.15, -0.1) is 0 Å². The molecule has 0 aliphatic heterocycles. The van der Waals surface area contributed by atoms with Gasteiger partial charge in [0.2, 0.25) is 0 Å². The lowest BCUT2D eigenvalue weighted by atomic mass is 10.5. The van der Waals surface area contributed by atoms with Crippen LogP contribution in [0.3, 0.4) is 0 Å². The number of carbonyl (C=O) groups is 2. The van der Waals surface area contributed by atoms with Gasteiger partial charge in [0.25, 0.3) is 0 Å². The fourth-order valence-corrected chi connectivity index (χ4v) is 1.85. The topological polar surface area (TPSA) is 128 Å². The summed E-state index contributed by atoms with van der Waals surface area (Å²) >= 11 is 0. The highest BCUT2D eigenvalue weighted by Crippen LogP contribution is 1.86. The summed E-state index contributed by atoms with van der Waals surface area (Å²) in [5, 5.41) is 0. The van der Waals surface area contributed by atoms with Gasteiger partial charge in [-0.05, 0) is 0 Å². The average Bonchev–Trinajstić information content (AvgIpc) is 2.62. The van der Waals surface area contributed by atoms with Crippen LogP contribution >= 0.6 is 0 Å². The Morgan fingerprint density at radius 2 is 1.23 bits per heavy atom. The second-order valence-electron chi connectivity index (χ2n) is 4.81. The van der Waals surface area contributed by atoms with Gasteiger partial charge in [0.1, 0.15) is 33.0 Å². The summed E-state index contributed by atoms with van der Waals surface area (Å²) in [5.74, 6) is -1.79. The number of hydrogen-bond donors (Lipinski definition) is 0. The second-order valence-corrected chi connectivity index (χ2v) is 4.81. The molecule has 1 aromatic heterocycles. The molecule has 0 spiro atoms. The van der Waals surface area contributed by atoms with E-state index in [-0.39, 0.29) is 13.2 Å². The highest BCUT2D eigenvalue weighted by atomic mass is 16.5. The smallest absolute Gasteiger partial charge is 0.338 e. The zero-order chi connectivity index (χ0) is 19.7. The third-order valence-corrected chi connectivity index (χ3v) is 2.94. The molecule has 0 atom stereocenters. The van der Waals surface area contributed by atoms with E-state index in [4.69, 9.17) is 14.2 Å². The third-order valence-electron chi connectivity index (χ3n) is 2.94. The summed E-state index contributed by atoms with van der Waals surface area (Å²) in [7, 11) is 1.22. The first-order chi connectivity index (χ1) is 12.4. The van der Waals surface area contributed by atoms with E-state index in [9.17, 15) is 24.0 Å². The third kappa shape index (κ3) is 5.14. The highest BCUT2D eigenvalue weighted by molar-refractivity contribution is 5.69. The lowest BCUT2D eigenvalue weighted by Crippen LogP contribution is -2.56. The zero-order valence-corrected chi connectivity index (χ0v) is 14.2. The zero-order valence-electron chi connectivity index (χ0n) is 14.2. The predicted octanol–water partition coefficient (Wildman–Crippen LogP) is -1.77. The molecule has 0 N–H and O–H groups in total. The first-order valence-corrected chi connectivity index (χ1v) is 7.33. The molecule has 142 valence electrons. The molecule has 26 heavy (non-hydrogen) atoms. The molecule has 0 saturated carbocycles. The molecule has 0 radical (unpaired) electrons. The molecule has 1 aromatic rings. The van der Waals surface area contributed by atoms with E-state index in [1.165, 1.54) is 19.3 Å². The average molecular weight is 369 g/mol. The van der Waals surface area contributed by atoms with Gasteiger partial charge in [-0.2, -0.15) is 0 Å². The van der Waals surface area contributed by atoms with Crippen LogP contribution in [0.4, 0.5) is 0 Å². The van der Waals surface area contributed by atoms with Crippen molar-refractivity contribution in [2.24, 2.45) is 0 Å². The van der Waals surface area contributed by atoms with Crippen molar-refractivity contribution in [3.8, 4) is 0 Å². The highest BCUT2D eigenvalue weighted by Gasteiger charge is 2.20. The van der Waals surface area contributed by atoms with Crippen molar-refractivity contribution in [2.75, 3.05) is 20.3 Å². The minimum Gasteiger partial charge on any atom is -0.460 e. The Morgan fingerprint density at radius 1 is 0.846 bits per heavy atom. The lowest BCUT2D eigenvalue weighted by Gasteiger charge is -2.12. The Morgan fingerprint density at radius 3 is 1.58 bits per heavy atom. The number of methoxy groups -OCH3 is 1. The van der Waals surface area contributed by atoms with Crippen LogP contribution in [0.15, 0.2) is 39.7 Å². The number of ether oxygens (including phenoxy) is 3. The van der Waals surface area contributed by atoms with Crippen molar-refractivity contribution < 1.29 is 23.8 Å². The summed E-state index contributed by atoms with van der Waals surface area (Å²) in [6, 6.07) is 0. The Labute approximate surface area is 147 Å². The lowest BCUT2D eigenvalue weighted by molar-refractivity contribution is -0.143. The van der Waals surface area contributed by atoms with Gasteiger partial charge in [-0.1, -0.05) is 25.3 Å². The Bertz CT molecular complexity index is 797. The molecular formula is C15H19N3O8. The van der Waals surface area contributed by atoms with Crippen molar-refractivity contribution in [1.29, 1.82) is 0 Å². The Balaban J connectivity index is 3.38. The molecule has 11 heteroatoms. The van der Waals surface area contributed by atoms with Crippen molar-refractivity contribution in [1.82, 2.24) is 13.7 Å². The van der Waals surface area contributed by atoms with E-state index >= 15 is 0 Å². The largest absolute Gasteiger partial charge is 0.460 e. The Kier molecular flexibility index (Phi) is 7.96. The van der Waals surface area contributed by atoms with Gasteiger partial charge in [-0.25, -0.2) is 28.1 Å². The van der Waals surface area contributed by atoms with Crippen LogP contribution in [0.2, 0.25) is 0 Å². The number of nitrogens with zero attached hydrogens (tertiary/aromatic N) is 3. The summed E-state index contributed by atoms with van der Waals surface area (Å²) in [5.41, 5.74) is -3.31. The van der Waals surface area contributed by atoms with E-state index in [0.717, 1.165) is 0 Å². The van der Waals surface area contributed by atoms with E-state index in [1.807, 2.05) is 0 Å². The molecule has 0 saturated heterocycles. The minimum absolute atomic E-state index is 0.118. The van der Waals surface area contributed by atoms with E-state index in [0.29, 0.717) is 13.7 Å². The summed E-state index contributed by atoms with van der Waals surface area (Å²) in [6.45, 7) is 4.50. The molecular weight excluding hydrogens is 350 g/mol. The normalized spacial score (nSPS) is 10.2. The van der Waals surface area contributed by atoms with E-state index < -0.39 is 48.8 Å². The number of aromatic nitrogens is 3. The fraction of sp³-hybridized carbons (Fsp3) is 0.400. The fourth-order valence-electron chi connectivity index (χ4n) is 1.85. The van der Waals surface area contributed by atoms with Gasteiger partial charge in [0.15, 0.2) is 0 Å². The SMILES string of the molecule is C=CCOC(=O)Cn1c(=O)n(COC)c(=O)n(CC(=O)OCC=C)c1=O. The monoisotopic (exact) mass is 369 g/mol. The molecule has 1 rings (SSSR count). The molecule has 0 aliphatic rings. The van der Waals surface area contributed by atoms with E-state index in [1.54, 1.807) is 0 Å². The first kappa shape index (κ1) is 20.8. The maximum Gasteiger partial charge on any atom is 0.338 e. The van der Waals surface area contributed by atoms with Crippen LogP contribution in [-0.2, 0) is 43.6 Å². The predicted molar refractivity (Wildman–Crippen MR) is 88.5 cm³/mol. The minimum atomic E-state index is -1.15. The summed E-state index contributed by atoms with van der Waals surface area (Å²) in [6.07, 6.45) is 2.61.